The van der Waals surface area contributed by atoms with Crippen molar-refractivity contribution < 1.29 is 19.5 Å². The molecule has 0 radical (unpaired) electrons. The maximum absolute atomic E-state index is 12.3. The molecule has 2 atom stereocenters. The smallest absolute Gasteiger partial charge is 0.352 e. The van der Waals surface area contributed by atoms with Crippen LogP contribution in [0.4, 0.5) is 0 Å². The summed E-state index contributed by atoms with van der Waals surface area (Å²) in [5, 5.41) is 11.7. The number of thiophene rings is 1. The van der Waals surface area contributed by atoms with Crippen LogP contribution in [0.1, 0.15) is 16.7 Å². The molecule has 4 N–H and O–H groups in total. The average molecular weight is 367 g/mol. The van der Waals surface area contributed by atoms with Crippen LogP contribution in [0.2, 0.25) is 0 Å². The summed E-state index contributed by atoms with van der Waals surface area (Å²) >= 11 is 2.94. The molecule has 0 aromatic carbocycles. The molecule has 1 aromatic rings. The molecule has 2 amide bonds. The van der Waals surface area contributed by atoms with E-state index in [9.17, 15) is 19.5 Å². The van der Waals surface area contributed by atoms with Crippen LogP contribution in [0, 0.1) is 0 Å². The molecule has 1 aromatic heterocycles. The summed E-state index contributed by atoms with van der Waals surface area (Å²) in [5.74, 6) is -1.19. The minimum Gasteiger partial charge on any atom is -0.477 e. The Morgan fingerprint density at radius 1 is 1.42 bits per heavy atom. The number of hydrogen-bond donors (Lipinski definition) is 3. The fourth-order valence-corrected chi connectivity index (χ4v) is 4.97. The summed E-state index contributed by atoms with van der Waals surface area (Å²) in [5.41, 5.74) is 6.25. The van der Waals surface area contributed by atoms with Gasteiger partial charge in [-0.3, -0.25) is 14.5 Å². The van der Waals surface area contributed by atoms with Crippen LogP contribution in [-0.4, -0.2) is 45.0 Å². The zero-order chi connectivity index (χ0) is 17.4. The second kappa shape index (κ2) is 6.58. The number of β-lactam (4-membered cyclic amide) rings is 1. The zero-order valence-electron chi connectivity index (χ0n) is 12.9. The highest BCUT2D eigenvalue weighted by atomic mass is 32.2. The Morgan fingerprint density at radius 3 is 2.75 bits per heavy atom. The minimum absolute atomic E-state index is 0.0418. The van der Waals surface area contributed by atoms with Crippen LogP contribution < -0.4 is 11.1 Å². The van der Waals surface area contributed by atoms with E-state index in [-0.39, 0.29) is 29.3 Å². The van der Waals surface area contributed by atoms with Gasteiger partial charge < -0.3 is 16.2 Å². The second-order valence-corrected chi connectivity index (χ2v) is 8.00. The normalized spacial score (nSPS) is 22.9. The Labute approximate surface area is 146 Å². The average Bonchev–Trinajstić information content (AvgIpc) is 2.99. The molecule has 1 fully saturated rings. The van der Waals surface area contributed by atoms with E-state index in [4.69, 9.17) is 5.73 Å². The maximum atomic E-state index is 12.3. The van der Waals surface area contributed by atoms with Gasteiger partial charge in [0.2, 0.25) is 5.91 Å². The van der Waals surface area contributed by atoms with Gasteiger partial charge in [0, 0.05) is 22.1 Å². The Hall–Kier alpha value is -1.84. The lowest BCUT2D eigenvalue weighted by atomic mass is 10.0. The largest absolute Gasteiger partial charge is 0.477 e. The van der Waals surface area contributed by atoms with E-state index < -0.39 is 12.0 Å². The Kier molecular flexibility index (Phi) is 4.66. The van der Waals surface area contributed by atoms with E-state index in [1.54, 1.807) is 6.92 Å². The molecule has 3 rings (SSSR count). The molecule has 0 spiro atoms. The summed E-state index contributed by atoms with van der Waals surface area (Å²) in [6, 6.07) is 3.07. The third-order valence-corrected chi connectivity index (χ3v) is 6.46. The van der Waals surface area contributed by atoms with Gasteiger partial charge in [-0.15, -0.1) is 23.1 Å². The lowest BCUT2D eigenvalue weighted by molar-refractivity contribution is -0.150. The van der Waals surface area contributed by atoms with Crippen LogP contribution in [0.3, 0.4) is 0 Å². The molecule has 9 heteroatoms. The van der Waals surface area contributed by atoms with Crippen molar-refractivity contribution in [1.29, 1.82) is 0 Å². The first-order chi connectivity index (χ1) is 11.4. The molecule has 0 aliphatic carbocycles. The van der Waals surface area contributed by atoms with Gasteiger partial charge in [0.15, 0.2) is 0 Å². The Balaban J connectivity index is 1.64. The standard InChI is InChI=1S/C15H17N3O4S2/c1-7-6-23-14-11(13(20)18(14)12(7)15(21)22)17-10(19)4-8-2-3-9(5-16)24-8/h2-3,11,14H,4-6,16H2,1H3,(H,17,19)(H,21,22)/t11-,14+/m1/s1. The molecular weight excluding hydrogens is 350 g/mol. The van der Waals surface area contributed by atoms with Gasteiger partial charge in [0.1, 0.15) is 17.1 Å². The Morgan fingerprint density at radius 2 is 2.12 bits per heavy atom. The first-order valence-electron chi connectivity index (χ1n) is 7.37. The van der Waals surface area contributed by atoms with E-state index in [1.807, 2.05) is 12.1 Å². The van der Waals surface area contributed by atoms with Gasteiger partial charge in [-0.25, -0.2) is 4.79 Å². The number of nitrogens with one attached hydrogen (secondary N) is 1. The first kappa shape index (κ1) is 17.0. The van der Waals surface area contributed by atoms with Crippen LogP contribution in [-0.2, 0) is 27.3 Å². The van der Waals surface area contributed by atoms with E-state index in [0.717, 1.165) is 9.75 Å². The summed E-state index contributed by atoms with van der Waals surface area (Å²) in [6.07, 6.45) is 0.187. The number of rotatable bonds is 5. The molecule has 128 valence electrons. The predicted octanol–water partition coefficient (Wildman–Crippen LogP) is 0.508. The van der Waals surface area contributed by atoms with Gasteiger partial charge >= 0.3 is 5.97 Å². The number of thioether (sulfide) groups is 1. The van der Waals surface area contributed by atoms with Crippen molar-refractivity contribution in [1.82, 2.24) is 10.2 Å². The summed E-state index contributed by atoms with van der Waals surface area (Å²) in [7, 11) is 0. The number of nitrogens with two attached hydrogens (primary N) is 1. The van der Waals surface area contributed by atoms with Crippen molar-refractivity contribution >= 4 is 40.9 Å². The third-order valence-electron chi connectivity index (χ3n) is 3.93. The molecule has 7 nitrogen and oxygen atoms in total. The number of fused-ring (bicyclic) bond motifs is 1. The van der Waals surface area contributed by atoms with E-state index >= 15 is 0 Å². The number of carbonyl (C=O) groups excluding carboxylic acids is 2. The van der Waals surface area contributed by atoms with Gasteiger partial charge in [0.05, 0.1) is 6.42 Å². The van der Waals surface area contributed by atoms with Gasteiger partial charge in [-0.05, 0) is 24.6 Å². The number of aliphatic carboxylic acids is 1. The molecule has 2 aliphatic rings. The van der Waals surface area contributed by atoms with Crippen molar-refractivity contribution in [2.24, 2.45) is 5.73 Å². The highest BCUT2D eigenvalue weighted by Crippen LogP contribution is 2.40. The molecule has 2 aliphatic heterocycles. The SMILES string of the molecule is CC1=C(C(=O)O)N2C(=O)[C@@H](NC(=O)Cc3ccc(CN)s3)[C@@H]2SC1. The number of carbonyl (C=O) groups is 3. The fraction of sp³-hybridized carbons (Fsp3) is 0.400. The van der Waals surface area contributed by atoms with Crippen molar-refractivity contribution in [2.75, 3.05) is 5.75 Å². The second-order valence-electron chi connectivity index (χ2n) is 5.64. The van der Waals surface area contributed by atoms with Crippen molar-refractivity contribution in [3.63, 3.8) is 0 Å². The number of carboxylic acids is 1. The monoisotopic (exact) mass is 367 g/mol. The number of carboxylic acid groups (broad SMARTS) is 1. The van der Waals surface area contributed by atoms with Crippen LogP contribution in [0.5, 0.6) is 0 Å². The summed E-state index contributed by atoms with van der Waals surface area (Å²) in [6.45, 7) is 2.14. The van der Waals surface area contributed by atoms with Crippen LogP contribution in [0.15, 0.2) is 23.4 Å². The van der Waals surface area contributed by atoms with E-state index in [1.165, 1.54) is 28.0 Å². The lowest BCUT2D eigenvalue weighted by Gasteiger charge is -2.49. The van der Waals surface area contributed by atoms with Gasteiger partial charge in [-0.1, -0.05) is 0 Å². The highest BCUT2D eigenvalue weighted by Gasteiger charge is 2.53. The number of amides is 2. The molecule has 0 saturated carbocycles. The fourth-order valence-electron chi connectivity index (χ4n) is 2.79. The third kappa shape index (κ3) is 2.94. The van der Waals surface area contributed by atoms with Crippen LogP contribution in [0.25, 0.3) is 0 Å². The van der Waals surface area contributed by atoms with Crippen molar-refractivity contribution in [2.45, 2.75) is 31.3 Å². The predicted molar refractivity (Wildman–Crippen MR) is 91.3 cm³/mol. The first-order valence-corrected chi connectivity index (χ1v) is 9.23. The summed E-state index contributed by atoms with van der Waals surface area (Å²) < 4.78 is 0. The Bertz CT molecular complexity index is 743. The molecule has 3 heterocycles. The highest BCUT2D eigenvalue weighted by molar-refractivity contribution is 8.00. The lowest BCUT2D eigenvalue weighted by Crippen LogP contribution is -2.70. The van der Waals surface area contributed by atoms with E-state index in [0.29, 0.717) is 17.9 Å². The minimum atomic E-state index is -1.11. The number of nitrogens with zero attached hydrogens (tertiary/aromatic N) is 1. The molecule has 0 bridgehead atoms. The number of hydrogen-bond acceptors (Lipinski definition) is 6. The zero-order valence-corrected chi connectivity index (χ0v) is 14.6. The molecule has 24 heavy (non-hydrogen) atoms. The van der Waals surface area contributed by atoms with Crippen LogP contribution >= 0.6 is 23.1 Å². The van der Waals surface area contributed by atoms with Gasteiger partial charge in [0.25, 0.3) is 5.91 Å². The molecular formula is C15H17N3O4S2. The maximum Gasteiger partial charge on any atom is 0.352 e. The molecule has 1 saturated heterocycles. The molecule has 0 unspecified atom stereocenters. The van der Waals surface area contributed by atoms with Gasteiger partial charge in [-0.2, -0.15) is 0 Å². The quantitative estimate of drug-likeness (QED) is 0.654. The van der Waals surface area contributed by atoms with Crippen molar-refractivity contribution in [3.8, 4) is 0 Å². The van der Waals surface area contributed by atoms with Crippen molar-refractivity contribution in [3.05, 3.63) is 33.2 Å². The topological polar surface area (TPSA) is 113 Å². The van der Waals surface area contributed by atoms with E-state index in [2.05, 4.69) is 5.32 Å². The summed E-state index contributed by atoms with van der Waals surface area (Å²) in [4.78, 5) is 38.9.